The molecular formula is C14H16O3. The van der Waals surface area contributed by atoms with Crippen molar-refractivity contribution in [2.45, 2.75) is 25.9 Å². The molecule has 1 aromatic rings. The van der Waals surface area contributed by atoms with Gasteiger partial charge in [-0.15, -0.1) is 0 Å². The Balaban J connectivity index is 1.77. The van der Waals surface area contributed by atoms with E-state index in [0.717, 1.165) is 12.8 Å². The molecule has 0 N–H and O–H groups in total. The lowest BCUT2D eigenvalue weighted by atomic mass is 10.1. The molecule has 1 aliphatic rings. The summed E-state index contributed by atoms with van der Waals surface area (Å²) in [5, 5.41) is 0. The van der Waals surface area contributed by atoms with Gasteiger partial charge in [-0.25, -0.2) is 4.79 Å². The molecule has 0 aromatic heterocycles. The number of ether oxygens (including phenoxy) is 2. The Morgan fingerprint density at radius 3 is 2.47 bits per heavy atom. The summed E-state index contributed by atoms with van der Waals surface area (Å²) in [6.07, 6.45) is 1.90. The van der Waals surface area contributed by atoms with Gasteiger partial charge < -0.3 is 9.47 Å². The summed E-state index contributed by atoms with van der Waals surface area (Å²) in [4.78, 5) is 11.1. The second-order valence-corrected chi connectivity index (χ2v) is 4.30. The van der Waals surface area contributed by atoms with Gasteiger partial charge in [-0.05, 0) is 30.9 Å². The first-order valence-corrected chi connectivity index (χ1v) is 5.68. The molecule has 3 nitrogen and oxygen atoms in total. The van der Waals surface area contributed by atoms with Gasteiger partial charge in [0.15, 0.2) is 6.79 Å². The number of hydrogen-bond acceptors (Lipinski definition) is 3. The summed E-state index contributed by atoms with van der Waals surface area (Å²) >= 11 is 0. The number of fused-ring (bicyclic) bond motifs is 1. The topological polar surface area (TPSA) is 35.5 Å². The van der Waals surface area contributed by atoms with Crippen molar-refractivity contribution in [3.63, 3.8) is 0 Å². The van der Waals surface area contributed by atoms with E-state index in [9.17, 15) is 4.79 Å². The van der Waals surface area contributed by atoms with E-state index in [1.165, 1.54) is 11.1 Å². The molecule has 3 heteroatoms. The molecule has 2 rings (SSSR count). The van der Waals surface area contributed by atoms with E-state index >= 15 is 0 Å². The Kier molecular flexibility index (Phi) is 3.59. The number of esters is 1. The van der Waals surface area contributed by atoms with Gasteiger partial charge >= 0.3 is 5.97 Å². The minimum atomic E-state index is -0.402. The van der Waals surface area contributed by atoms with Gasteiger partial charge in [0.05, 0.1) is 6.10 Å². The second-order valence-electron chi connectivity index (χ2n) is 4.30. The molecule has 1 aliphatic carbocycles. The molecule has 0 fully saturated rings. The van der Waals surface area contributed by atoms with Crippen LogP contribution < -0.4 is 0 Å². The summed E-state index contributed by atoms with van der Waals surface area (Å²) in [5.74, 6) is -0.402. The first-order chi connectivity index (χ1) is 8.16. The van der Waals surface area contributed by atoms with Crippen molar-refractivity contribution >= 4 is 5.97 Å². The normalized spacial score (nSPS) is 14.4. The second kappa shape index (κ2) is 5.15. The molecule has 17 heavy (non-hydrogen) atoms. The molecule has 1 aromatic carbocycles. The third kappa shape index (κ3) is 2.94. The Morgan fingerprint density at radius 1 is 1.35 bits per heavy atom. The molecule has 0 unspecified atom stereocenters. The molecular weight excluding hydrogens is 216 g/mol. The van der Waals surface area contributed by atoms with Gasteiger partial charge in [-0.3, -0.25) is 0 Å². The number of hydrogen-bond donors (Lipinski definition) is 0. The van der Waals surface area contributed by atoms with Gasteiger partial charge in [-0.2, -0.15) is 0 Å². The Bertz CT molecular complexity index is 412. The van der Waals surface area contributed by atoms with Crippen molar-refractivity contribution in [3.8, 4) is 0 Å². The highest BCUT2D eigenvalue weighted by Crippen LogP contribution is 2.23. The van der Waals surface area contributed by atoms with Crippen molar-refractivity contribution in [3.05, 3.63) is 47.5 Å². The van der Waals surface area contributed by atoms with Gasteiger partial charge in [0.25, 0.3) is 0 Å². The van der Waals surface area contributed by atoms with E-state index in [1.807, 2.05) is 12.1 Å². The predicted octanol–water partition coefficient (Wildman–Crippen LogP) is 2.25. The van der Waals surface area contributed by atoms with E-state index in [2.05, 4.69) is 18.7 Å². The largest absolute Gasteiger partial charge is 0.435 e. The van der Waals surface area contributed by atoms with Crippen molar-refractivity contribution in [1.29, 1.82) is 0 Å². The number of carbonyl (C=O) groups excluding carboxylic acids is 1. The monoisotopic (exact) mass is 232 g/mol. The molecule has 0 radical (unpaired) electrons. The van der Waals surface area contributed by atoms with Crippen LogP contribution in [0.5, 0.6) is 0 Å². The van der Waals surface area contributed by atoms with Crippen LogP contribution in [0.15, 0.2) is 36.4 Å². The molecule has 0 saturated heterocycles. The minimum absolute atomic E-state index is 0.00431. The lowest BCUT2D eigenvalue weighted by Gasteiger charge is -2.11. The quantitative estimate of drug-likeness (QED) is 0.454. The molecule has 0 bridgehead atoms. The van der Waals surface area contributed by atoms with E-state index in [-0.39, 0.29) is 12.9 Å². The maximum atomic E-state index is 11.1. The van der Waals surface area contributed by atoms with Crippen molar-refractivity contribution in [2.75, 3.05) is 6.79 Å². The Hall–Kier alpha value is -1.61. The lowest BCUT2D eigenvalue weighted by Crippen LogP contribution is -2.17. The maximum absolute atomic E-state index is 11.1. The SMILES string of the molecule is C=C(C)C(=O)OCOC1Cc2ccccc2C1. The fourth-order valence-electron chi connectivity index (χ4n) is 1.94. The van der Waals surface area contributed by atoms with E-state index in [1.54, 1.807) is 6.92 Å². The Labute approximate surface area is 101 Å². The summed E-state index contributed by atoms with van der Waals surface area (Å²) in [6, 6.07) is 8.28. The van der Waals surface area contributed by atoms with Gasteiger partial charge in [0, 0.05) is 5.57 Å². The standard InChI is InChI=1S/C14H16O3/c1-10(2)14(15)17-9-16-13-7-11-5-3-4-6-12(11)8-13/h3-6,13H,1,7-9H2,2H3. The van der Waals surface area contributed by atoms with E-state index < -0.39 is 5.97 Å². The molecule has 0 spiro atoms. The minimum Gasteiger partial charge on any atom is -0.435 e. The number of carbonyl (C=O) groups is 1. The highest BCUT2D eigenvalue weighted by atomic mass is 16.7. The third-order valence-corrected chi connectivity index (χ3v) is 2.86. The lowest BCUT2D eigenvalue weighted by molar-refractivity contribution is -0.155. The zero-order chi connectivity index (χ0) is 12.3. The molecule has 0 heterocycles. The van der Waals surface area contributed by atoms with E-state index in [0.29, 0.717) is 5.57 Å². The zero-order valence-corrected chi connectivity index (χ0v) is 9.94. The fourth-order valence-corrected chi connectivity index (χ4v) is 1.94. The summed E-state index contributed by atoms with van der Waals surface area (Å²) < 4.78 is 10.4. The first-order valence-electron chi connectivity index (χ1n) is 5.68. The van der Waals surface area contributed by atoms with Crippen LogP contribution in [0.4, 0.5) is 0 Å². The van der Waals surface area contributed by atoms with Crippen molar-refractivity contribution < 1.29 is 14.3 Å². The summed E-state index contributed by atoms with van der Waals surface area (Å²) in [5.41, 5.74) is 3.04. The molecule has 90 valence electrons. The van der Waals surface area contributed by atoms with Crippen molar-refractivity contribution in [2.24, 2.45) is 0 Å². The van der Waals surface area contributed by atoms with Crippen LogP contribution in [0.1, 0.15) is 18.1 Å². The smallest absolute Gasteiger partial charge is 0.335 e. The zero-order valence-electron chi connectivity index (χ0n) is 9.94. The van der Waals surface area contributed by atoms with E-state index in [4.69, 9.17) is 9.47 Å². The summed E-state index contributed by atoms with van der Waals surface area (Å²) in [7, 11) is 0. The molecule has 0 aliphatic heterocycles. The predicted molar refractivity (Wildman–Crippen MR) is 64.5 cm³/mol. The third-order valence-electron chi connectivity index (χ3n) is 2.86. The van der Waals surface area contributed by atoms with Crippen LogP contribution in [0.3, 0.4) is 0 Å². The average molecular weight is 232 g/mol. The number of rotatable bonds is 4. The van der Waals surface area contributed by atoms with Gasteiger partial charge in [0.2, 0.25) is 0 Å². The fraction of sp³-hybridized carbons (Fsp3) is 0.357. The van der Waals surface area contributed by atoms with Gasteiger partial charge in [-0.1, -0.05) is 30.8 Å². The van der Waals surface area contributed by atoms with Gasteiger partial charge in [0.1, 0.15) is 0 Å². The molecule has 0 atom stereocenters. The highest BCUT2D eigenvalue weighted by Gasteiger charge is 2.21. The van der Waals surface area contributed by atoms with Crippen LogP contribution in [0, 0.1) is 0 Å². The summed E-state index contributed by atoms with van der Waals surface area (Å²) in [6.45, 7) is 5.13. The highest BCUT2D eigenvalue weighted by molar-refractivity contribution is 5.86. The van der Waals surface area contributed by atoms with Crippen LogP contribution in [-0.4, -0.2) is 18.9 Å². The van der Waals surface area contributed by atoms with Crippen LogP contribution in [0.2, 0.25) is 0 Å². The maximum Gasteiger partial charge on any atom is 0.335 e. The first kappa shape index (κ1) is 11.9. The van der Waals surface area contributed by atoms with Crippen LogP contribution >= 0.6 is 0 Å². The molecule has 0 saturated carbocycles. The average Bonchev–Trinajstić information content (AvgIpc) is 2.71. The number of benzene rings is 1. The van der Waals surface area contributed by atoms with Crippen LogP contribution in [-0.2, 0) is 27.1 Å². The van der Waals surface area contributed by atoms with Crippen molar-refractivity contribution in [1.82, 2.24) is 0 Å². The van der Waals surface area contributed by atoms with Crippen LogP contribution in [0.25, 0.3) is 0 Å². The Morgan fingerprint density at radius 2 is 1.94 bits per heavy atom. The molecule has 0 amide bonds.